The van der Waals surface area contributed by atoms with Crippen LogP contribution in [-0.2, 0) is 5.54 Å². The maximum atomic E-state index is 13.6. The highest BCUT2D eigenvalue weighted by Crippen LogP contribution is 2.34. The molecule has 5 heteroatoms. The largest absolute Gasteiger partial charge is 0.481 e. The molecule has 5 nitrogen and oxygen atoms in total. The topological polar surface area (TPSA) is 61.2 Å². The fourth-order valence-corrected chi connectivity index (χ4v) is 4.85. The Hall–Kier alpha value is -3.47. The highest BCUT2D eigenvalue weighted by Gasteiger charge is 2.30. The van der Waals surface area contributed by atoms with Gasteiger partial charge >= 0.3 is 0 Å². The van der Waals surface area contributed by atoms with E-state index in [1.807, 2.05) is 41.0 Å². The second-order valence-electron chi connectivity index (χ2n) is 10.4. The van der Waals surface area contributed by atoms with Crippen LogP contribution in [0, 0.1) is 5.41 Å². The Morgan fingerprint density at radius 2 is 1.70 bits per heavy atom. The van der Waals surface area contributed by atoms with Gasteiger partial charge in [0.15, 0.2) is 5.78 Å². The Balaban J connectivity index is 1.95. The zero-order valence-electron chi connectivity index (χ0n) is 20.1. The SMILES string of the molecule is COc1cc2c(cn1)c(=O)c(C(=O)c1ccc3ccccc3c1)cn2C(C)(C)CC(C)(C)C. The molecule has 170 valence electrons. The van der Waals surface area contributed by atoms with Crippen LogP contribution in [-0.4, -0.2) is 22.4 Å². The van der Waals surface area contributed by atoms with Crippen molar-refractivity contribution in [3.63, 3.8) is 0 Å². The van der Waals surface area contributed by atoms with Crippen molar-refractivity contribution < 1.29 is 9.53 Å². The van der Waals surface area contributed by atoms with Gasteiger partial charge in [0.2, 0.25) is 11.3 Å². The van der Waals surface area contributed by atoms with Crippen LogP contribution < -0.4 is 10.2 Å². The van der Waals surface area contributed by atoms with Crippen molar-refractivity contribution in [3.8, 4) is 5.88 Å². The summed E-state index contributed by atoms with van der Waals surface area (Å²) in [5.41, 5.74) is 0.698. The predicted molar refractivity (Wildman–Crippen MR) is 133 cm³/mol. The quantitative estimate of drug-likeness (QED) is 0.358. The van der Waals surface area contributed by atoms with E-state index >= 15 is 0 Å². The fraction of sp³-hybridized carbons (Fsp3) is 0.321. The number of rotatable bonds is 5. The first-order valence-electron chi connectivity index (χ1n) is 11.1. The van der Waals surface area contributed by atoms with E-state index < -0.39 is 0 Å². The van der Waals surface area contributed by atoms with Crippen LogP contribution in [0.1, 0.15) is 57.0 Å². The van der Waals surface area contributed by atoms with E-state index in [1.165, 1.54) is 6.20 Å². The molecule has 4 rings (SSSR count). The van der Waals surface area contributed by atoms with Crippen molar-refractivity contribution in [1.29, 1.82) is 0 Å². The number of pyridine rings is 2. The third kappa shape index (κ3) is 4.40. The molecular formula is C28H30N2O3. The average molecular weight is 443 g/mol. The standard InChI is InChI=1S/C28H30N2O3/c1-27(2,3)17-28(4,5)30-16-22(26(32)21-15-29-24(33-6)14-23(21)30)25(31)20-12-11-18-9-7-8-10-19(18)13-20/h7-16H,17H2,1-6H3. The predicted octanol–water partition coefficient (Wildman–Crippen LogP) is 5.96. The number of benzene rings is 2. The van der Waals surface area contributed by atoms with Crippen molar-refractivity contribution in [3.05, 3.63) is 82.3 Å². The minimum atomic E-state index is -0.366. The first-order valence-corrected chi connectivity index (χ1v) is 11.1. The number of carbonyl (C=O) groups is 1. The van der Waals surface area contributed by atoms with Crippen molar-refractivity contribution in [2.75, 3.05) is 7.11 Å². The van der Waals surface area contributed by atoms with Gasteiger partial charge in [0.25, 0.3) is 0 Å². The smallest absolute Gasteiger partial charge is 0.215 e. The van der Waals surface area contributed by atoms with E-state index in [0.29, 0.717) is 22.3 Å². The number of methoxy groups -OCH3 is 1. The minimum Gasteiger partial charge on any atom is -0.481 e. The number of aromatic nitrogens is 2. The van der Waals surface area contributed by atoms with E-state index in [-0.39, 0.29) is 27.7 Å². The van der Waals surface area contributed by atoms with Crippen LogP contribution in [0.2, 0.25) is 0 Å². The molecule has 0 fully saturated rings. The van der Waals surface area contributed by atoms with Crippen LogP contribution in [0.5, 0.6) is 5.88 Å². The summed E-state index contributed by atoms with van der Waals surface area (Å²) in [7, 11) is 1.55. The molecule has 2 aromatic carbocycles. The Morgan fingerprint density at radius 3 is 2.36 bits per heavy atom. The average Bonchev–Trinajstić information content (AvgIpc) is 2.76. The lowest BCUT2D eigenvalue weighted by molar-refractivity contribution is 0.103. The van der Waals surface area contributed by atoms with Crippen molar-refractivity contribution >= 4 is 27.5 Å². The van der Waals surface area contributed by atoms with Crippen LogP contribution in [0.4, 0.5) is 0 Å². The second-order valence-corrected chi connectivity index (χ2v) is 10.4. The van der Waals surface area contributed by atoms with Gasteiger partial charge in [-0.25, -0.2) is 4.98 Å². The Kier molecular flexibility index (Phi) is 5.61. The van der Waals surface area contributed by atoms with Gasteiger partial charge in [-0.15, -0.1) is 0 Å². The van der Waals surface area contributed by atoms with Crippen molar-refractivity contribution in [1.82, 2.24) is 9.55 Å². The van der Waals surface area contributed by atoms with Gasteiger partial charge in [-0.05, 0) is 42.5 Å². The van der Waals surface area contributed by atoms with E-state index in [0.717, 1.165) is 17.2 Å². The Labute approximate surface area is 194 Å². The van der Waals surface area contributed by atoms with Gasteiger partial charge in [-0.1, -0.05) is 57.2 Å². The summed E-state index contributed by atoms with van der Waals surface area (Å²) >= 11 is 0. The van der Waals surface area contributed by atoms with Gasteiger partial charge < -0.3 is 9.30 Å². The summed E-state index contributed by atoms with van der Waals surface area (Å²) in [6.07, 6.45) is 4.07. The normalized spacial score (nSPS) is 12.3. The first kappa shape index (κ1) is 22.7. The number of hydrogen-bond donors (Lipinski definition) is 0. The summed E-state index contributed by atoms with van der Waals surface area (Å²) < 4.78 is 7.36. The molecule has 0 unspecified atom stereocenters. The van der Waals surface area contributed by atoms with Gasteiger partial charge in [0.1, 0.15) is 0 Å². The maximum absolute atomic E-state index is 13.6. The summed E-state index contributed by atoms with van der Waals surface area (Å²) in [6.45, 7) is 10.8. The third-order valence-electron chi connectivity index (χ3n) is 5.94. The zero-order valence-corrected chi connectivity index (χ0v) is 20.1. The molecule has 0 aliphatic carbocycles. The number of nitrogens with zero attached hydrogens (tertiary/aromatic N) is 2. The molecule has 0 aliphatic rings. The highest BCUT2D eigenvalue weighted by molar-refractivity contribution is 6.11. The third-order valence-corrected chi connectivity index (χ3v) is 5.94. The molecule has 0 saturated carbocycles. The minimum absolute atomic E-state index is 0.0403. The summed E-state index contributed by atoms with van der Waals surface area (Å²) in [5, 5.41) is 2.42. The van der Waals surface area contributed by atoms with Gasteiger partial charge in [-0.3, -0.25) is 9.59 Å². The van der Waals surface area contributed by atoms with E-state index in [4.69, 9.17) is 4.74 Å². The highest BCUT2D eigenvalue weighted by atomic mass is 16.5. The molecule has 0 bridgehead atoms. The molecule has 0 amide bonds. The van der Waals surface area contributed by atoms with Gasteiger partial charge in [0.05, 0.1) is 23.6 Å². The summed E-state index contributed by atoms with van der Waals surface area (Å²) in [6, 6.07) is 15.2. The lowest BCUT2D eigenvalue weighted by atomic mass is 9.81. The van der Waals surface area contributed by atoms with E-state index in [1.54, 1.807) is 25.4 Å². The first-order chi connectivity index (χ1) is 15.5. The van der Waals surface area contributed by atoms with E-state index in [2.05, 4.69) is 39.6 Å². The van der Waals surface area contributed by atoms with Gasteiger partial charge in [0, 0.05) is 29.6 Å². The Morgan fingerprint density at radius 1 is 1.00 bits per heavy atom. The lowest BCUT2D eigenvalue weighted by Gasteiger charge is -2.36. The maximum Gasteiger partial charge on any atom is 0.215 e. The number of carbonyl (C=O) groups excluding carboxylic acids is 1. The number of hydrogen-bond acceptors (Lipinski definition) is 4. The summed E-state index contributed by atoms with van der Waals surface area (Å²) in [5.74, 6) is 0.139. The Bertz CT molecular complexity index is 1430. The molecule has 0 N–H and O–H groups in total. The number of fused-ring (bicyclic) bond motifs is 2. The molecule has 2 aromatic heterocycles. The van der Waals surface area contributed by atoms with Crippen molar-refractivity contribution in [2.45, 2.75) is 46.6 Å². The van der Waals surface area contributed by atoms with Crippen molar-refractivity contribution in [2.24, 2.45) is 5.41 Å². The van der Waals surface area contributed by atoms with Crippen LogP contribution in [0.3, 0.4) is 0 Å². The molecule has 0 spiro atoms. The van der Waals surface area contributed by atoms with Crippen LogP contribution >= 0.6 is 0 Å². The molecule has 0 radical (unpaired) electrons. The van der Waals surface area contributed by atoms with Gasteiger partial charge in [-0.2, -0.15) is 0 Å². The lowest BCUT2D eigenvalue weighted by Crippen LogP contribution is -2.34. The molecule has 0 atom stereocenters. The summed E-state index contributed by atoms with van der Waals surface area (Å²) in [4.78, 5) is 31.3. The molecule has 4 aromatic rings. The molecule has 2 heterocycles. The number of ether oxygens (including phenoxy) is 1. The number of ketones is 1. The molecule has 33 heavy (non-hydrogen) atoms. The molecule has 0 saturated heterocycles. The molecular weight excluding hydrogens is 412 g/mol. The monoisotopic (exact) mass is 442 g/mol. The zero-order chi connectivity index (χ0) is 24.0. The van der Waals surface area contributed by atoms with E-state index in [9.17, 15) is 9.59 Å². The second kappa shape index (κ2) is 8.14. The fourth-order valence-electron chi connectivity index (χ4n) is 4.85. The molecule has 0 aliphatic heterocycles. The van der Waals surface area contributed by atoms with Crippen LogP contribution in [0.15, 0.2) is 65.7 Å². The van der Waals surface area contributed by atoms with Crippen LogP contribution in [0.25, 0.3) is 21.7 Å².